The van der Waals surface area contributed by atoms with Crippen LogP contribution in [0.4, 0.5) is 15.0 Å². The molecule has 0 aromatic carbocycles. The van der Waals surface area contributed by atoms with Gasteiger partial charge in [-0.25, -0.2) is 19.2 Å². The van der Waals surface area contributed by atoms with Crippen molar-refractivity contribution in [2.75, 3.05) is 4.90 Å². The summed E-state index contributed by atoms with van der Waals surface area (Å²) in [5, 5.41) is 0. The quantitative estimate of drug-likeness (QED) is 0.660. The smallest absolute Gasteiger partial charge is 0.423 e. The summed E-state index contributed by atoms with van der Waals surface area (Å²) in [6, 6.07) is 4.06. The van der Waals surface area contributed by atoms with Gasteiger partial charge in [0.2, 0.25) is 5.91 Å². The monoisotopic (exact) mass is 451 g/mol. The van der Waals surface area contributed by atoms with Crippen LogP contribution in [0.25, 0.3) is 0 Å². The second-order valence-electron chi connectivity index (χ2n) is 7.32. The molecule has 1 fully saturated rings. The number of nitrogens with zero attached hydrogens (tertiary/aromatic N) is 3. The number of halogens is 2. The molecule has 0 bridgehead atoms. The van der Waals surface area contributed by atoms with Crippen molar-refractivity contribution in [2.45, 2.75) is 39.2 Å². The van der Waals surface area contributed by atoms with Crippen LogP contribution in [0.2, 0.25) is 0 Å². The highest BCUT2D eigenvalue weighted by molar-refractivity contribution is 9.10. The van der Waals surface area contributed by atoms with Gasteiger partial charge in [0.1, 0.15) is 17.2 Å². The van der Waals surface area contributed by atoms with Gasteiger partial charge in [-0.2, -0.15) is 4.90 Å². The molecule has 7 nitrogen and oxygen atoms in total. The molecule has 0 unspecified atom stereocenters. The highest BCUT2D eigenvalue weighted by Crippen LogP contribution is 2.34. The number of hydrogen-bond donors (Lipinski definition) is 0. The Hall–Kier alpha value is -2.55. The Morgan fingerprint density at radius 1 is 1.25 bits per heavy atom. The minimum atomic E-state index is -0.818. The van der Waals surface area contributed by atoms with Crippen molar-refractivity contribution < 1.29 is 23.5 Å². The van der Waals surface area contributed by atoms with Crippen LogP contribution in [-0.4, -0.2) is 27.6 Å². The molecule has 0 aliphatic heterocycles. The molecule has 2 aromatic heterocycles. The van der Waals surface area contributed by atoms with Crippen molar-refractivity contribution in [1.82, 2.24) is 9.97 Å². The average Bonchev–Trinajstić information content (AvgIpc) is 3.41. The van der Waals surface area contributed by atoms with Crippen LogP contribution in [0, 0.1) is 11.7 Å². The van der Waals surface area contributed by atoms with Crippen molar-refractivity contribution in [3.8, 4) is 11.6 Å². The normalized spacial score (nSPS) is 13.8. The maximum atomic E-state index is 14.0. The van der Waals surface area contributed by atoms with Gasteiger partial charge < -0.3 is 9.47 Å². The summed E-state index contributed by atoms with van der Waals surface area (Å²) < 4.78 is 25.3. The first-order valence-electron chi connectivity index (χ1n) is 8.66. The van der Waals surface area contributed by atoms with Crippen LogP contribution >= 0.6 is 15.9 Å². The molecule has 2 heterocycles. The number of imide groups is 1. The first kappa shape index (κ1) is 20.2. The van der Waals surface area contributed by atoms with Gasteiger partial charge in [-0.3, -0.25) is 4.79 Å². The molecular formula is C19H19BrFN3O4. The Kier molecular flexibility index (Phi) is 5.64. The third-order valence-electron chi connectivity index (χ3n) is 3.66. The van der Waals surface area contributed by atoms with E-state index in [-0.39, 0.29) is 29.3 Å². The third-order valence-corrected chi connectivity index (χ3v) is 4.09. The van der Waals surface area contributed by atoms with Gasteiger partial charge in [-0.1, -0.05) is 0 Å². The van der Waals surface area contributed by atoms with Crippen LogP contribution in [0.3, 0.4) is 0 Å². The summed E-state index contributed by atoms with van der Waals surface area (Å²) in [5.41, 5.74) is -0.780. The topological polar surface area (TPSA) is 81.6 Å². The van der Waals surface area contributed by atoms with E-state index in [0.29, 0.717) is 17.3 Å². The minimum Gasteiger partial charge on any atom is -0.443 e. The molecule has 1 aliphatic rings. The Bertz CT molecular complexity index is 912. The predicted molar refractivity (Wildman–Crippen MR) is 103 cm³/mol. The molecule has 28 heavy (non-hydrogen) atoms. The molecule has 0 radical (unpaired) electrons. The lowest BCUT2D eigenvalue weighted by Gasteiger charge is -2.25. The number of hydrogen-bond acceptors (Lipinski definition) is 6. The summed E-state index contributed by atoms with van der Waals surface area (Å²) in [7, 11) is 0. The summed E-state index contributed by atoms with van der Waals surface area (Å²) in [4.78, 5) is 34.2. The number of carbonyl (C=O) groups is 2. The molecule has 0 N–H and O–H groups in total. The zero-order valence-corrected chi connectivity index (χ0v) is 17.2. The van der Waals surface area contributed by atoms with E-state index in [1.54, 1.807) is 20.8 Å². The molecule has 9 heteroatoms. The van der Waals surface area contributed by atoms with E-state index in [1.807, 2.05) is 0 Å². The van der Waals surface area contributed by atoms with Gasteiger partial charge in [0, 0.05) is 28.9 Å². The number of pyridine rings is 2. The van der Waals surface area contributed by atoms with E-state index in [9.17, 15) is 14.0 Å². The standard InChI is InChI=1S/C19H19BrFN3O4/c1-19(2,3)28-18(26)24(17(25)11-4-5-11)15-9-13(6-7-22-15)27-16-14(21)8-12(20)10-23-16/h6-11H,4-5H2,1-3H3. The highest BCUT2D eigenvalue weighted by Gasteiger charge is 2.39. The predicted octanol–water partition coefficient (Wildman–Crippen LogP) is 4.85. The van der Waals surface area contributed by atoms with Gasteiger partial charge in [0.15, 0.2) is 5.82 Å². The maximum Gasteiger partial charge on any atom is 0.423 e. The molecular weight excluding hydrogens is 433 g/mol. The van der Waals surface area contributed by atoms with E-state index in [2.05, 4.69) is 25.9 Å². The molecule has 0 saturated heterocycles. The molecule has 1 aliphatic carbocycles. The van der Waals surface area contributed by atoms with Crippen LogP contribution < -0.4 is 9.64 Å². The van der Waals surface area contributed by atoms with Gasteiger partial charge in [0.25, 0.3) is 5.88 Å². The minimum absolute atomic E-state index is 0.0427. The lowest BCUT2D eigenvalue weighted by Crippen LogP contribution is -2.42. The lowest BCUT2D eigenvalue weighted by atomic mass is 10.2. The Labute approximate surface area is 170 Å². The van der Waals surface area contributed by atoms with E-state index < -0.39 is 17.5 Å². The van der Waals surface area contributed by atoms with Crippen LogP contribution in [0.15, 0.2) is 35.1 Å². The number of amides is 2. The second-order valence-corrected chi connectivity index (χ2v) is 8.24. The molecule has 1 saturated carbocycles. The summed E-state index contributed by atoms with van der Waals surface area (Å²) in [6.45, 7) is 5.12. The average molecular weight is 452 g/mol. The summed E-state index contributed by atoms with van der Waals surface area (Å²) >= 11 is 3.12. The highest BCUT2D eigenvalue weighted by atomic mass is 79.9. The van der Waals surface area contributed by atoms with E-state index in [4.69, 9.17) is 9.47 Å². The Balaban J connectivity index is 1.89. The SMILES string of the molecule is CC(C)(C)OC(=O)N(C(=O)C1CC1)c1cc(Oc2ncc(Br)cc2F)ccn1. The van der Waals surface area contributed by atoms with Crippen LogP contribution in [0.5, 0.6) is 11.6 Å². The van der Waals surface area contributed by atoms with E-state index in [1.165, 1.54) is 30.6 Å². The maximum absolute atomic E-state index is 14.0. The number of aromatic nitrogens is 2. The first-order chi connectivity index (χ1) is 13.1. The lowest BCUT2D eigenvalue weighted by molar-refractivity contribution is -0.119. The van der Waals surface area contributed by atoms with Gasteiger partial charge >= 0.3 is 6.09 Å². The molecule has 148 valence electrons. The van der Waals surface area contributed by atoms with Crippen molar-refractivity contribution in [2.24, 2.45) is 5.92 Å². The molecule has 0 atom stereocenters. The third kappa shape index (κ3) is 5.03. The molecule has 0 spiro atoms. The van der Waals surface area contributed by atoms with Crippen LogP contribution in [0.1, 0.15) is 33.6 Å². The largest absolute Gasteiger partial charge is 0.443 e. The Morgan fingerprint density at radius 3 is 2.57 bits per heavy atom. The van der Waals surface area contributed by atoms with E-state index in [0.717, 1.165) is 4.90 Å². The second kappa shape index (κ2) is 7.83. The van der Waals surface area contributed by atoms with Gasteiger partial charge in [-0.05, 0) is 61.7 Å². The van der Waals surface area contributed by atoms with Crippen LogP contribution in [-0.2, 0) is 9.53 Å². The van der Waals surface area contributed by atoms with Crippen molar-refractivity contribution in [3.63, 3.8) is 0 Å². The Morgan fingerprint density at radius 2 is 1.96 bits per heavy atom. The fourth-order valence-corrected chi connectivity index (χ4v) is 2.59. The van der Waals surface area contributed by atoms with Gasteiger partial charge in [0.05, 0.1) is 0 Å². The number of ether oxygens (including phenoxy) is 2. The zero-order valence-electron chi connectivity index (χ0n) is 15.6. The van der Waals surface area contributed by atoms with Crippen molar-refractivity contribution in [3.05, 3.63) is 40.9 Å². The number of anilines is 1. The van der Waals surface area contributed by atoms with Crippen molar-refractivity contribution in [1.29, 1.82) is 0 Å². The molecule has 2 amide bonds. The van der Waals surface area contributed by atoms with Gasteiger partial charge in [-0.15, -0.1) is 0 Å². The fourth-order valence-electron chi connectivity index (χ4n) is 2.29. The number of rotatable bonds is 4. The fraction of sp³-hybridized carbons (Fsp3) is 0.368. The molecule has 3 rings (SSSR count). The van der Waals surface area contributed by atoms with Crippen molar-refractivity contribution >= 4 is 33.7 Å². The zero-order chi connectivity index (χ0) is 20.5. The molecule has 2 aromatic rings. The van der Waals surface area contributed by atoms with E-state index >= 15 is 0 Å². The summed E-state index contributed by atoms with van der Waals surface area (Å²) in [5.74, 6) is -1.29. The summed E-state index contributed by atoms with van der Waals surface area (Å²) in [6.07, 6.45) is 3.36. The first-order valence-corrected chi connectivity index (χ1v) is 9.45. The number of carbonyl (C=O) groups excluding carboxylic acids is 2.